The van der Waals surface area contributed by atoms with Gasteiger partial charge in [0.2, 0.25) is 0 Å². The number of carbonyl (C=O) groups is 2. The number of aliphatic hydroxyl groups is 1. The second kappa shape index (κ2) is 8.49. The first kappa shape index (κ1) is 20.8. The van der Waals surface area contributed by atoms with Crippen LogP contribution >= 0.6 is 0 Å². The van der Waals surface area contributed by atoms with Crippen LogP contribution in [0.1, 0.15) is 59.3 Å². The van der Waals surface area contributed by atoms with Crippen molar-refractivity contribution >= 4 is 11.8 Å². The Morgan fingerprint density at radius 3 is 2.81 bits per heavy atom. The maximum atomic E-state index is 13.0. The number of rotatable bonds is 2. The fourth-order valence-electron chi connectivity index (χ4n) is 3.94. The number of ketones is 1. The molecule has 0 radical (unpaired) electrons. The van der Waals surface area contributed by atoms with Crippen molar-refractivity contribution < 1.29 is 24.2 Å². The Morgan fingerprint density at radius 1 is 1.46 bits per heavy atom. The Bertz CT molecular complexity index is 589. The van der Waals surface area contributed by atoms with Crippen LogP contribution in [-0.4, -0.2) is 41.8 Å². The minimum absolute atomic E-state index is 0.0146. The van der Waals surface area contributed by atoms with Gasteiger partial charge in [0.05, 0.1) is 18.8 Å². The van der Waals surface area contributed by atoms with Crippen LogP contribution in [0.5, 0.6) is 0 Å². The second-order valence-electron chi connectivity index (χ2n) is 8.05. The molecule has 0 aromatic heterocycles. The molecule has 1 N–H and O–H groups in total. The minimum Gasteiger partial charge on any atom is -0.466 e. The molecule has 5 atom stereocenters. The maximum absolute atomic E-state index is 13.0. The molecule has 0 saturated carbocycles. The van der Waals surface area contributed by atoms with Crippen LogP contribution in [0.2, 0.25) is 0 Å². The quantitative estimate of drug-likeness (QED) is 0.462. The van der Waals surface area contributed by atoms with Crippen molar-refractivity contribution in [3.05, 3.63) is 23.8 Å². The molecular weight excluding hydrogens is 332 g/mol. The summed E-state index contributed by atoms with van der Waals surface area (Å²) in [7, 11) is 1.30. The molecule has 0 aromatic rings. The first-order chi connectivity index (χ1) is 12.2. The molecule has 26 heavy (non-hydrogen) atoms. The van der Waals surface area contributed by atoms with Gasteiger partial charge in [-0.05, 0) is 52.4 Å². The zero-order valence-electron chi connectivity index (χ0n) is 16.4. The van der Waals surface area contributed by atoms with Crippen LogP contribution in [0.4, 0.5) is 0 Å². The molecule has 1 fully saturated rings. The van der Waals surface area contributed by atoms with E-state index >= 15 is 0 Å². The van der Waals surface area contributed by atoms with Gasteiger partial charge in [0.25, 0.3) is 0 Å². The largest absolute Gasteiger partial charge is 0.466 e. The van der Waals surface area contributed by atoms with Crippen LogP contribution in [0.25, 0.3) is 0 Å². The van der Waals surface area contributed by atoms with Crippen molar-refractivity contribution in [3.8, 4) is 0 Å². The van der Waals surface area contributed by atoms with Gasteiger partial charge in [-0.15, -0.1) is 0 Å². The third-order valence-corrected chi connectivity index (χ3v) is 5.85. The van der Waals surface area contributed by atoms with E-state index in [1.165, 1.54) is 12.7 Å². The average molecular weight is 364 g/mol. The maximum Gasteiger partial charge on any atom is 0.333 e. The SMILES string of the molecule is C=C(C(=O)OC)[C@@H]1CC2OC1C(=O)C(C)CCC/C(C)=C/CC[C@@]2(C)O. The molecule has 2 bridgehead atoms. The van der Waals surface area contributed by atoms with Gasteiger partial charge in [0, 0.05) is 17.4 Å². The summed E-state index contributed by atoms with van der Waals surface area (Å²) in [6.07, 6.45) is 5.27. The minimum atomic E-state index is -1.07. The number of methoxy groups -OCH3 is 1. The number of hydrogen-bond donors (Lipinski definition) is 1. The third kappa shape index (κ3) is 4.63. The van der Waals surface area contributed by atoms with E-state index < -0.39 is 29.7 Å². The molecule has 5 heteroatoms. The molecule has 0 aromatic carbocycles. The smallest absolute Gasteiger partial charge is 0.333 e. The molecule has 2 rings (SSSR count). The Hall–Kier alpha value is -1.46. The third-order valence-electron chi connectivity index (χ3n) is 5.85. The summed E-state index contributed by atoms with van der Waals surface area (Å²) in [6.45, 7) is 9.60. The monoisotopic (exact) mass is 364 g/mol. The normalized spacial score (nSPS) is 38.3. The van der Waals surface area contributed by atoms with E-state index in [0.29, 0.717) is 12.8 Å². The Balaban J connectivity index is 2.32. The first-order valence-corrected chi connectivity index (χ1v) is 9.51. The zero-order valence-corrected chi connectivity index (χ0v) is 16.4. The van der Waals surface area contributed by atoms with E-state index in [0.717, 1.165) is 25.7 Å². The van der Waals surface area contributed by atoms with Crippen molar-refractivity contribution in [2.75, 3.05) is 7.11 Å². The lowest BCUT2D eigenvalue weighted by Gasteiger charge is -2.29. The fraction of sp³-hybridized carbons (Fsp3) is 0.714. The van der Waals surface area contributed by atoms with Crippen LogP contribution in [-0.2, 0) is 19.1 Å². The van der Waals surface area contributed by atoms with Crippen molar-refractivity contribution in [2.24, 2.45) is 11.8 Å². The van der Waals surface area contributed by atoms with Gasteiger partial charge in [-0.2, -0.15) is 0 Å². The lowest BCUT2D eigenvalue weighted by Crippen LogP contribution is -2.40. The van der Waals surface area contributed by atoms with Gasteiger partial charge < -0.3 is 14.6 Å². The number of Topliss-reactive ketones (excluding diaryl/α,β-unsaturated/α-hetero) is 1. The van der Waals surface area contributed by atoms with Crippen LogP contribution in [0, 0.1) is 11.8 Å². The number of carbonyl (C=O) groups excluding carboxylic acids is 2. The topological polar surface area (TPSA) is 72.8 Å². The lowest BCUT2D eigenvalue weighted by atomic mass is 9.82. The van der Waals surface area contributed by atoms with E-state index in [1.807, 2.05) is 6.92 Å². The van der Waals surface area contributed by atoms with Crippen molar-refractivity contribution in [2.45, 2.75) is 77.1 Å². The summed E-state index contributed by atoms with van der Waals surface area (Å²) < 4.78 is 10.8. The number of esters is 1. The molecule has 0 spiro atoms. The van der Waals surface area contributed by atoms with Crippen molar-refractivity contribution in [1.82, 2.24) is 0 Å². The number of fused-ring (bicyclic) bond motifs is 2. The highest BCUT2D eigenvalue weighted by Gasteiger charge is 2.49. The van der Waals surface area contributed by atoms with Crippen molar-refractivity contribution in [3.63, 3.8) is 0 Å². The number of hydrogen-bond acceptors (Lipinski definition) is 5. The molecule has 146 valence electrons. The predicted molar refractivity (Wildman–Crippen MR) is 99.6 cm³/mol. The van der Waals surface area contributed by atoms with Gasteiger partial charge in [0.1, 0.15) is 6.10 Å². The Labute approximate surface area is 156 Å². The summed E-state index contributed by atoms with van der Waals surface area (Å²) >= 11 is 0. The second-order valence-corrected chi connectivity index (χ2v) is 8.05. The summed E-state index contributed by atoms with van der Waals surface area (Å²) in [5.41, 5.74) is 0.472. The van der Waals surface area contributed by atoms with E-state index in [9.17, 15) is 14.7 Å². The van der Waals surface area contributed by atoms with Crippen LogP contribution in [0.3, 0.4) is 0 Å². The van der Waals surface area contributed by atoms with E-state index in [2.05, 4.69) is 19.6 Å². The number of ether oxygens (including phenoxy) is 2. The molecule has 1 saturated heterocycles. The molecule has 0 amide bonds. The van der Waals surface area contributed by atoms with Gasteiger partial charge >= 0.3 is 5.97 Å². The molecular formula is C21H32O5. The van der Waals surface area contributed by atoms with Gasteiger partial charge in [0.15, 0.2) is 5.78 Å². The van der Waals surface area contributed by atoms with E-state index in [4.69, 9.17) is 9.47 Å². The lowest BCUT2D eigenvalue weighted by molar-refractivity contribution is -0.143. The fourth-order valence-corrected chi connectivity index (χ4v) is 3.94. The summed E-state index contributed by atoms with van der Waals surface area (Å²) in [5, 5.41) is 10.9. The molecule has 3 unspecified atom stereocenters. The Kier molecular flexibility index (Phi) is 6.80. The zero-order chi connectivity index (χ0) is 19.5. The standard InChI is InChI=1S/C21H32O5/c1-13-8-6-10-14(2)18(22)19-16(15(3)20(23)25-5)12-17(26-19)21(4,24)11-7-9-13/h9,14,16-17,19,24H,3,6-8,10-12H2,1-2,4-5H3/b13-9+/t14?,16-,17?,19?,21+/m0/s1. The van der Waals surface area contributed by atoms with Crippen LogP contribution in [0.15, 0.2) is 23.8 Å². The molecule has 2 aliphatic heterocycles. The highest BCUT2D eigenvalue weighted by Crippen LogP contribution is 2.40. The molecule has 2 aliphatic rings. The molecule has 0 aliphatic carbocycles. The summed E-state index contributed by atoms with van der Waals surface area (Å²) in [6, 6.07) is 0. The highest BCUT2D eigenvalue weighted by atomic mass is 16.5. The van der Waals surface area contributed by atoms with Crippen molar-refractivity contribution in [1.29, 1.82) is 0 Å². The molecule has 5 nitrogen and oxygen atoms in total. The first-order valence-electron chi connectivity index (χ1n) is 9.51. The highest BCUT2D eigenvalue weighted by molar-refractivity contribution is 5.92. The van der Waals surface area contributed by atoms with Gasteiger partial charge in [-0.25, -0.2) is 4.79 Å². The summed E-state index contributed by atoms with van der Waals surface area (Å²) in [4.78, 5) is 25.0. The average Bonchev–Trinajstić information content (AvgIpc) is 3.04. The predicted octanol–water partition coefficient (Wildman–Crippen LogP) is 3.36. The summed E-state index contributed by atoms with van der Waals surface area (Å²) in [5.74, 6) is -1.15. The van der Waals surface area contributed by atoms with E-state index in [1.54, 1.807) is 6.92 Å². The van der Waals surface area contributed by atoms with Gasteiger partial charge in [-0.3, -0.25) is 4.79 Å². The molecule has 2 heterocycles. The van der Waals surface area contributed by atoms with Crippen LogP contribution < -0.4 is 0 Å². The van der Waals surface area contributed by atoms with Gasteiger partial charge in [-0.1, -0.05) is 25.2 Å². The Morgan fingerprint density at radius 2 is 2.15 bits per heavy atom. The number of allylic oxidation sites excluding steroid dienone is 2. The van der Waals surface area contributed by atoms with E-state index in [-0.39, 0.29) is 17.3 Å².